The number of hydrogen-bond donors (Lipinski definition) is 2. The molecule has 0 aromatic rings. The Morgan fingerprint density at radius 2 is 1.41 bits per heavy atom. The van der Waals surface area contributed by atoms with Crippen LogP contribution in [-0.2, 0) is 9.59 Å². The molecule has 4 nitrogen and oxygen atoms in total. The molecule has 0 aliphatic carbocycles. The molecule has 0 spiro atoms. The molecule has 2 N–H and O–H groups in total. The van der Waals surface area contributed by atoms with Crippen LogP contribution in [0.3, 0.4) is 0 Å². The first-order valence-corrected chi connectivity index (χ1v) is 5.23. The summed E-state index contributed by atoms with van der Waals surface area (Å²) in [6, 6.07) is 0. The van der Waals surface area contributed by atoms with Crippen molar-refractivity contribution in [1.29, 1.82) is 0 Å². The van der Waals surface area contributed by atoms with Crippen molar-refractivity contribution in [3.8, 4) is 0 Å². The number of halogens is 3. The van der Waals surface area contributed by atoms with E-state index in [1.54, 1.807) is 0 Å². The molecule has 0 aromatic carbocycles. The molecule has 7 heteroatoms. The van der Waals surface area contributed by atoms with Crippen molar-refractivity contribution in [1.82, 2.24) is 0 Å². The van der Waals surface area contributed by atoms with Gasteiger partial charge >= 0.3 is 18.1 Å². The largest absolute Gasteiger partial charge is 0.490 e. The summed E-state index contributed by atoms with van der Waals surface area (Å²) in [6.07, 6.45) is 0.801. The summed E-state index contributed by atoms with van der Waals surface area (Å²) in [5.41, 5.74) is 0. The molecule has 0 heterocycles. The van der Waals surface area contributed by atoms with Gasteiger partial charge in [0.25, 0.3) is 0 Å². The predicted octanol–water partition coefficient (Wildman–Crippen LogP) is 3.06. The van der Waals surface area contributed by atoms with Crippen molar-refractivity contribution < 1.29 is 33.0 Å². The van der Waals surface area contributed by atoms with Gasteiger partial charge in [-0.1, -0.05) is 32.6 Å². The molecule has 0 aliphatic heterocycles. The first-order chi connectivity index (χ1) is 7.71. The lowest BCUT2D eigenvalue weighted by atomic mass is 10.1. The highest BCUT2D eigenvalue weighted by Gasteiger charge is 2.38. The molecule has 0 saturated carbocycles. The summed E-state index contributed by atoms with van der Waals surface area (Å²) in [5, 5.41) is 15.4. The van der Waals surface area contributed by atoms with Crippen molar-refractivity contribution in [3.05, 3.63) is 0 Å². The van der Waals surface area contributed by atoms with E-state index < -0.39 is 18.1 Å². The molecule has 102 valence electrons. The molecule has 0 unspecified atom stereocenters. The summed E-state index contributed by atoms with van der Waals surface area (Å²) in [5.74, 6) is -3.43. The average Bonchev–Trinajstić information content (AvgIpc) is 2.16. The summed E-state index contributed by atoms with van der Waals surface area (Å²) < 4.78 is 31.7. The molecular weight excluding hydrogens is 241 g/mol. The van der Waals surface area contributed by atoms with Gasteiger partial charge in [-0.2, -0.15) is 13.2 Å². The van der Waals surface area contributed by atoms with Gasteiger partial charge in [-0.3, -0.25) is 4.79 Å². The minimum absolute atomic E-state index is 0.337. The van der Waals surface area contributed by atoms with Gasteiger partial charge in [0.1, 0.15) is 0 Å². The molecule has 0 rings (SSSR count). The summed E-state index contributed by atoms with van der Waals surface area (Å²) >= 11 is 0. The lowest BCUT2D eigenvalue weighted by Gasteiger charge is -1.95. The van der Waals surface area contributed by atoms with Crippen LogP contribution < -0.4 is 0 Å². The Balaban J connectivity index is 0. The fourth-order valence-corrected chi connectivity index (χ4v) is 0.880. The van der Waals surface area contributed by atoms with Gasteiger partial charge in [-0.25, -0.2) is 4.79 Å². The quantitative estimate of drug-likeness (QED) is 0.718. The molecule has 17 heavy (non-hydrogen) atoms. The fourth-order valence-electron chi connectivity index (χ4n) is 0.880. The molecule has 0 aliphatic rings. The maximum Gasteiger partial charge on any atom is 0.490 e. The zero-order valence-corrected chi connectivity index (χ0v) is 9.59. The van der Waals surface area contributed by atoms with E-state index in [4.69, 9.17) is 15.0 Å². The highest BCUT2D eigenvalue weighted by molar-refractivity contribution is 5.73. The van der Waals surface area contributed by atoms with Crippen molar-refractivity contribution in [2.45, 2.75) is 51.6 Å². The topological polar surface area (TPSA) is 74.6 Å². The molecule has 0 bridgehead atoms. The van der Waals surface area contributed by atoms with Crippen LogP contribution in [0.1, 0.15) is 45.4 Å². The van der Waals surface area contributed by atoms with Gasteiger partial charge in [0.15, 0.2) is 0 Å². The third-order valence-electron chi connectivity index (χ3n) is 1.74. The van der Waals surface area contributed by atoms with E-state index in [9.17, 15) is 18.0 Å². The number of hydrogen-bond acceptors (Lipinski definition) is 2. The molecule has 0 atom stereocenters. The van der Waals surface area contributed by atoms with E-state index in [0.29, 0.717) is 6.42 Å². The van der Waals surface area contributed by atoms with Gasteiger partial charge in [0, 0.05) is 6.42 Å². The van der Waals surface area contributed by atoms with Gasteiger partial charge in [0.05, 0.1) is 0 Å². The lowest BCUT2D eigenvalue weighted by Crippen LogP contribution is -2.21. The molecular formula is C10H17F3O4. The summed E-state index contributed by atoms with van der Waals surface area (Å²) in [6.45, 7) is 2.15. The molecule has 0 fully saturated rings. The Labute approximate surface area is 97.4 Å². The smallest absolute Gasteiger partial charge is 0.481 e. The van der Waals surface area contributed by atoms with Gasteiger partial charge in [-0.15, -0.1) is 0 Å². The number of aliphatic carboxylic acids is 2. The van der Waals surface area contributed by atoms with Crippen LogP contribution in [0.2, 0.25) is 0 Å². The van der Waals surface area contributed by atoms with Crippen LogP contribution in [0.4, 0.5) is 13.2 Å². The third kappa shape index (κ3) is 17.3. The SMILES string of the molecule is CCCCCCCC(=O)O.O=C(O)C(F)(F)F. The fraction of sp³-hybridized carbons (Fsp3) is 0.800. The van der Waals surface area contributed by atoms with E-state index in [0.717, 1.165) is 12.8 Å². The van der Waals surface area contributed by atoms with E-state index >= 15 is 0 Å². The standard InChI is InChI=1S/C8H16O2.C2HF3O2/c1-2-3-4-5-6-7-8(9)10;3-2(4,5)1(6)7/h2-7H2,1H3,(H,9,10);(H,6,7). The number of carboxylic acid groups (broad SMARTS) is 2. The van der Waals surface area contributed by atoms with Crippen LogP contribution in [0.25, 0.3) is 0 Å². The van der Waals surface area contributed by atoms with Crippen molar-refractivity contribution in [2.24, 2.45) is 0 Å². The second kappa shape index (κ2) is 9.92. The Morgan fingerprint density at radius 1 is 1.00 bits per heavy atom. The normalized spacial score (nSPS) is 10.4. The third-order valence-corrected chi connectivity index (χ3v) is 1.74. The Kier molecular flexibility index (Phi) is 10.6. The zero-order valence-electron chi connectivity index (χ0n) is 9.59. The van der Waals surface area contributed by atoms with E-state index in [-0.39, 0.29) is 0 Å². The van der Waals surface area contributed by atoms with Crippen LogP contribution in [-0.4, -0.2) is 28.3 Å². The Morgan fingerprint density at radius 3 is 1.71 bits per heavy atom. The number of rotatable bonds is 6. The van der Waals surface area contributed by atoms with E-state index in [1.165, 1.54) is 19.3 Å². The van der Waals surface area contributed by atoms with Crippen molar-refractivity contribution in [2.75, 3.05) is 0 Å². The van der Waals surface area contributed by atoms with Crippen molar-refractivity contribution >= 4 is 11.9 Å². The van der Waals surface area contributed by atoms with Gasteiger partial charge in [-0.05, 0) is 6.42 Å². The molecule has 0 amide bonds. The minimum atomic E-state index is -5.08. The number of alkyl halides is 3. The monoisotopic (exact) mass is 258 g/mol. The predicted molar refractivity (Wildman–Crippen MR) is 54.7 cm³/mol. The highest BCUT2D eigenvalue weighted by atomic mass is 19.4. The lowest BCUT2D eigenvalue weighted by molar-refractivity contribution is -0.192. The minimum Gasteiger partial charge on any atom is -0.481 e. The zero-order chi connectivity index (χ0) is 13.9. The number of carbonyl (C=O) groups is 2. The van der Waals surface area contributed by atoms with E-state index in [1.807, 2.05) is 0 Å². The first-order valence-electron chi connectivity index (χ1n) is 5.23. The molecule has 0 aromatic heterocycles. The first kappa shape index (κ1) is 18.1. The Hall–Kier alpha value is -1.27. The van der Waals surface area contributed by atoms with Crippen LogP contribution in [0.15, 0.2) is 0 Å². The number of unbranched alkanes of at least 4 members (excludes halogenated alkanes) is 4. The van der Waals surface area contributed by atoms with Crippen LogP contribution >= 0.6 is 0 Å². The maximum absolute atomic E-state index is 10.6. The highest BCUT2D eigenvalue weighted by Crippen LogP contribution is 2.13. The second-order valence-electron chi connectivity index (χ2n) is 3.36. The maximum atomic E-state index is 10.6. The molecule has 0 radical (unpaired) electrons. The number of carboxylic acids is 2. The van der Waals surface area contributed by atoms with E-state index in [2.05, 4.69) is 6.92 Å². The molecule has 0 saturated heterocycles. The van der Waals surface area contributed by atoms with Crippen molar-refractivity contribution in [3.63, 3.8) is 0 Å². The average molecular weight is 258 g/mol. The van der Waals surface area contributed by atoms with Gasteiger partial charge < -0.3 is 10.2 Å². The Bertz CT molecular complexity index is 226. The van der Waals surface area contributed by atoms with Crippen LogP contribution in [0, 0.1) is 0 Å². The van der Waals surface area contributed by atoms with Crippen LogP contribution in [0.5, 0.6) is 0 Å². The summed E-state index contributed by atoms with van der Waals surface area (Å²) in [7, 11) is 0. The second-order valence-corrected chi connectivity index (χ2v) is 3.36. The van der Waals surface area contributed by atoms with Gasteiger partial charge in [0.2, 0.25) is 0 Å². The summed E-state index contributed by atoms with van der Waals surface area (Å²) in [4.78, 5) is 18.9.